The van der Waals surface area contributed by atoms with Crippen LogP contribution in [0.5, 0.6) is 0 Å². The van der Waals surface area contributed by atoms with Gasteiger partial charge in [-0.3, -0.25) is 0 Å². The highest BCUT2D eigenvalue weighted by atomic mass is 32.4. The van der Waals surface area contributed by atoms with Gasteiger partial charge >= 0.3 is 0 Å². The standard InChI is InChI=1S/C24H44S6/c1-5-9-13-17-21-25-22(18-14-10-6-2)28-23(26-21,19-15-11-7-3)30-24(27-21,29-22)20-16-12-8-4/h5-20H2,1-4H3. The summed E-state index contributed by atoms with van der Waals surface area (Å²) < 4.78 is 1.67. The lowest BCUT2D eigenvalue weighted by atomic mass is 10.2. The molecule has 4 saturated heterocycles. The second-order valence-corrected chi connectivity index (χ2v) is 21.9. The van der Waals surface area contributed by atoms with Crippen molar-refractivity contribution in [1.82, 2.24) is 0 Å². The van der Waals surface area contributed by atoms with E-state index in [0.717, 1.165) is 0 Å². The molecule has 0 atom stereocenters. The fraction of sp³-hybridized carbons (Fsp3) is 1.00. The third-order valence-corrected chi connectivity index (χ3v) is 18.4. The van der Waals surface area contributed by atoms with Crippen LogP contribution >= 0.6 is 70.6 Å². The van der Waals surface area contributed by atoms with Gasteiger partial charge in [0.15, 0.2) is 0 Å². The molecule has 0 saturated carbocycles. The molecule has 4 fully saturated rings. The van der Waals surface area contributed by atoms with Crippen LogP contribution in [0.25, 0.3) is 0 Å². The summed E-state index contributed by atoms with van der Waals surface area (Å²) in [4.78, 5) is 0. The molecule has 0 unspecified atom stereocenters. The van der Waals surface area contributed by atoms with Crippen LogP contribution in [0.3, 0.4) is 0 Å². The normalized spacial score (nSPS) is 37.2. The number of hydrogen-bond donors (Lipinski definition) is 0. The van der Waals surface area contributed by atoms with E-state index in [1.807, 2.05) is 0 Å². The van der Waals surface area contributed by atoms with Crippen LogP contribution in [0.4, 0.5) is 0 Å². The van der Waals surface area contributed by atoms with Crippen LogP contribution in [-0.4, -0.2) is 13.6 Å². The lowest BCUT2D eigenvalue weighted by Gasteiger charge is -2.67. The Labute approximate surface area is 213 Å². The first-order chi connectivity index (χ1) is 14.5. The molecule has 4 bridgehead atoms. The van der Waals surface area contributed by atoms with E-state index in [0.29, 0.717) is 13.6 Å². The molecule has 4 aliphatic heterocycles. The van der Waals surface area contributed by atoms with Crippen molar-refractivity contribution in [2.45, 2.75) is 144 Å². The van der Waals surface area contributed by atoms with Gasteiger partial charge in [0.25, 0.3) is 0 Å². The fourth-order valence-electron chi connectivity index (χ4n) is 4.65. The third-order valence-electron chi connectivity index (χ3n) is 6.21. The summed E-state index contributed by atoms with van der Waals surface area (Å²) in [7, 11) is 0. The average molecular weight is 525 g/mol. The number of hydrogen-bond acceptors (Lipinski definition) is 6. The Hall–Kier alpha value is 2.10. The summed E-state index contributed by atoms with van der Waals surface area (Å²) in [5, 5.41) is 0. The summed E-state index contributed by atoms with van der Waals surface area (Å²) in [5.41, 5.74) is 0. The minimum Gasteiger partial charge on any atom is -0.104 e. The van der Waals surface area contributed by atoms with Crippen LogP contribution in [0.2, 0.25) is 0 Å². The summed E-state index contributed by atoms with van der Waals surface area (Å²) in [6, 6.07) is 0. The zero-order valence-electron chi connectivity index (χ0n) is 19.8. The monoisotopic (exact) mass is 524 g/mol. The van der Waals surface area contributed by atoms with Crippen LogP contribution in [0, 0.1) is 0 Å². The van der Waals surface area contributed by atoms with E-state index in [4.69, 9.17) is 0 Å². The highest BCUT2D eigenvalue weighted by Crippen LogP contribution is 2.91. The Morgan fingerprint density at radius 1 is 0.333 bits per heavy atom. The van der Waals surface area contributed by atoms with E-state index in [1.54, 1.807) is 0 Å². The maximum Gasteiger partial charge on any atom is 0.113 e. The molecule has 4 rings (SSSR count). The van der Waals surface area contributed by atoms with Gasteiger partial charge in [-0.05, 0) is 25.7 Å². The fourth-order valence-corrected chi connectivity index (χ4v) is 26.5. The molecular weight excluding hydrogens is 481 g/mol. The molecule has 0 aliphatic carbocycles. The predicted molar refractivity (Wildman–Crippen MR) is 153 cm³/mol. The number of thioether (sulfide) groups is 6. The minimum atomic E-state index is 0.418. The number of rotatable bonds is 16. The molecule has 0 N–H and O–H groups in total. The van der Waals surface area contributed by atoms with E-state index < -0.39 is 0 Å². The van der Waals surface area contributed by atoms with Crippen LogP contribution in [0.15, 0.2) is 0 Å². The first-order valence-electron chi connectivity index (χ1n) is 12.7. The van der Waals surface area contributed by atoms with Crippen molar-refractivity contribution in [1.29, 1.82) is 0 Å². The molecule has 4 heterocycles. The van der Waals surface area contributed by atoms with Gasteiger partial charge < -0.3 is 0 Å². The summed E-state index contributed by atoms with van der Waals surface area (Å²) in [6.45, 7) is 9.44. The zero-order valence-corrected chi connectivity index (χ0v) is 24.7. The molecule has 0 aromatic rings. The van der Waals surface area contributed by atoms with Gasteiger partial charge in [0, 0.05) is 0 Å². The van der Waals surface area contributed by atoms with Gasteiger partial charge in [0.1, 0.15) is 13.6 Å². The smallest absolute Gasteiger partial charge is 0.104 e. The summed E-state index contributed by atoms with van der Waals surface area (Å²) in [5.74, 6) is 0. The van der Waals surface area contributed by atoms with Crippen molar-refractivity contribution in [2.75, 3.05) is 0 Å². The Morgan fingerprint density at radius 2 is 0.533 bits per heavy atom. The molecule has 0 amide bonds. The predicted octanol–water partition coefficient (Wildman–Crippen LogP) is 11.4. The van der Waals surface area contributed by atoms with E-state index in [1.165, 1.54) is 103 Å². The van der Waals surface area contributed by atoms with Crippen LogP contribution in [0.1, 0.15) is 130 Å². The van der Waals surface area contributed by atoms with Gasteiger partial charge in [-0.2, -0.15) is 0 Å². The Kier molecular flexibility index (Phi) is 10.8. The van der Waals surface area contributed by atoms with Crippen LogP contribution in [-0.2, 0) is 0 Å². The largest absolute Gasteiger partial charge is 0.113 e. The second kappa shape index (κ2) is 12.2. The first-order valence-corrected chi connectivity index (χ1v) is 17.6. The lowest BCUT2D eigenvalue weighted by Crippen LogP contribution is -2.53. The van der Waals surface area contributed by atoms with Gasteiger partial charge in [-0.25, -0.2) is 0 Å². The highest BCUT2D eigenvalue weighted by molar-refractivity contribution is 8.64. The lowest BCUT2D eigenvalue weighted by molar-refractivity contribution is 0.643. The second-order valence-electron chi connectivity index (χ2n) is 9.17. The quantitative estimate of drug-likeness (QED) is 0.183. The molecular formula is C24H44S6. The summed E-state index contributed by atoms with van der Waals surface area (Å²) in [6.07, 6.45) is 22.4. The van der Waals surface area contributed by atoms with Gasteiger partial charge in [-0.1, -0.05) is 105 Å². The van der Waals surface area contributed by atoms with Crippen molar-refractivity contribution in [3.8, 4) is 0 Å². The average Bonchev–Trinajstić information content (AvgIpc) is 2.67. The van der Waals surface area contributed by atoms with Gasteiger partial charge in [-0.15, -0.1) is 70.6 Å². The molecule has 176 valence electrons. The van der Waals surface area contributed by atoms with Gasteiger partial charge in [0.2, 0.25) is 0 Å². The van der Waals surface area contributed by atoms with Crippen molar-refractivity contribution in [3.63, 3.8) is 0 Å². The molecule has 0 aromatic carbocycles. The number of unbranched alkanes of at least 4 members (excludes halogenated alkanes) is 8. The van der Waals surface area contributed by atoms with Crippen molar-refractivity contribution < 1.29 is 0 Å². The molecule has 0 aromatic heterocycles. The maximum atomic E-state index is 2.42. The first kappa shape index (κ1) is 26.7. The Morgan fingerprint density at radius 3 is 0.700 bits per heavy atom. The molecule has 0 radical (unpaired) electrons. The molecule has 30 heavy (non-hydrogen) atoms. The SMILES string of the molecule is CCCCCC12SC3(CCCCC)SC(CCCCC)(S1)SC(CCCCC)(S2)S3. The third kappa shape index (κ3) is 6.61. The topological polar surface area (TPSA) is 0 Å². The maximum absolute atomic E-state index is 2.42. The van der Waals surface area contributed by atoms with E-state index in [9.17, 15) is 0 Å². The zero-order chi connectivity index (χ0) is 21.6. The van der Waals surface area contributed by atoms with Crippen molar-refractivity contribution in [2.24, 2.45) is 0 Å². The molecule has 0 nitrogen and oxygen atoms in total. The van der Waals surface area contributed by atoms with Crippen LogP contribution < -0.4 is 0 Å². The van der Waals surface area contributed by atoms with Crippen molar-refractivity contribution >= 4 is 70.6 Å². The molecule has 0 spiro atoms. The Balaban J connectivity index is 1.87. The molecule has 6 heteroatoms. The summed E-state index contributed by atoms with van der Waals surface area (Å²) >= 11 is 14.5. The minimum absolute atomic E-state index is 0.418. The molecule has 4 aliphatic rings. The van der Waals surface area contributed by atoms with E-state index in [2.05, 4.69) is 98.3 Å². The Bertz CT molecular complexity index is 396. The van der Waals surface area contributed by atoms with Crippen molar-refractivity contribution in [3.05, 3.63) is 0 Å². The highest BCUT2D eigenvalue weighted by Gasteiger charge is 2.71. The van der Waals surface area contributed by atoms with E-state index >= 15 is 0 Å². The van der Waals surface area contributed by atoms with E-state index in [-0.39, 0.29) is 0 Å². The van der Waals surface area contributed by atoms with Gasteiger partial charge in [0.05, 0.1) is 0 Å².